The summed E-state index contributed by atoms with van der Waals surface area (Å²) in [7, 11) is 0. The van der Waals surface area contributed by atoms with Crippen LogP contribution in [0.1, 0.15) is 29.0 Å². The third-order valence-electron chi connectivity index (χ3n) is 5.69. The zero-order chi connectivity index (χ0) is 19.8. The molecule has 4 rings (SSSR count). The maximum Gasteiger partial charge on any atom is 0.310 e. The molecule has 2 aromatic carbocycles. The molecule has 0 aromatic heterocycles. The number of nitrogens with zero attached hydrogens (tertiary/aromatic N) is 2. The molecule has 1 heterocycles. The Morgan fingerprint density at radius 1 is 1.18 bits per heavy atom. The van der Waals surface area contributed by atoms with Crippen molar-refractivity contribution in [3.05, 3.63) is 58.1 Å². The van der Waals surface area contributed by atoms with Gasteiger partial charge in [-0.2, -0.15) is 0 Å². The second kappa shape index (κ2) is 7.95. The van der Waals surface area contributed by atoms with Gasteiger partial charge in [-0.3, -0.25) is 4.79 Å². The number of carboxylic acids is 1. The number of piperazine rings is 1. The number of anilines is 1. The van der Waals surface area contributed by atoms with E-state index in [4.69, 9.17) is 11.6 Å². The molecule has 0 saturated carbocycles. The lowest BCUT2D eigenvalue weighted by Gasteiger charge is -2.35. The molecule has 5 nitrogen and oxygen atoms in total. The van der Waals surface area contributed by atoms with E-state index in [1.165, 1.54) is 0 Å². The van der Waals surface area contributed by atoms with Crippen molar-refractivity contribution in [3.63, 3.8) is 0 Å². The molecule has 148 valence electrons. The molecule has 1 fully saturated rings. The Labute approximate surface area is 173 Å². The average Bonchev–Trinajstić information content (AvgIpc) is 3.13. The van der Waals surface area contributed by atoms with Gasteiger partial charge in [0.05, 0.1) is 30.4 Å². The van der Waals surface area contributed by atoms with Crippen LogP contribution in [0.2, 0.25) is 5.02 Å². The molecular weight excluding hydrogens is 396 g/mol. The molecule has 2 aromatic rings. The van der Waals surface area contributed by atoms with Crippen LogP contribution in [0, 0.1) is 6.92 Å². The smallest absolute Gasteiger partial charge is 0.310 e. The number of aliphatic carboxylic acids is 1. The third kappa shape index (κ3) is 3.74. The van der Waals surface area contributed by atoms with Gasteiger partial charge in [-0.05, 0) is 60.7 Å². The van der Waals surface area contributed by atoms with E-state index in [0.717, 1.165) is 46.9 Å². The van der Waals surface area contributed by atoms with E-state index < -0.39 is 23.2 Å². The lowest BCUT2D eigenvalue weighted by molar-refractivity contribution is -0.138. The van der Waals surface area contributed by atoms with E-state index in [2.05, 4.69) is 11.0 Å². The van der Waals surface area contributed by atoms with Gasteiger partial charge in [0.15, 0.2) is 4.90 Å². The number of halogens is 1. The van der Waals surface area contributed by atoms with Crippen LogP contribution in [0.3, 0.4) is 0 Å². The van der Waals surface area contributed by atoms with E-state index >= 15 is 0 Å². The maximum absolute atomic E-state index is 13.1. The molecule has 1 N–H and O–H groups in total. The summed E-state index contributed by atoms with van der Waals surface area (Å²) in [6, 6.07) is 11.7. The summed E-state index contributed by atoms with van der Waals surface area (Å²) in [6.07, 6.45) is 1.40. The molecule has 1 aliphatic heterocycles. The van der Waals surface area contributed by atoms with Gasteiger partial charge in [0.1, 0.15) is 0 Å². The van der Waals surface area contributed by atoms with Gasteiger partial charge in [0, 0.05) is 23.8 Å². The van der Waals surface area contributed by atoms with E-state index in [1.807, 2.05) is 41.6 Å². The molecule has 2 atom stereocenters. The maximum atomic E-state index is 13.1. The van der Waals surface area contributed by atoms with Crippen molar-refractivity contribution in [1.82, 2.24) is 4.31 Å². The third-order valence-corrected chi connectivity index (χ3v) is 7.59. The van der Waals surface area contributed by atoms with Crippen molar-refractivity contribution in [2.45, 2.75) is 30.6 Å². The first-order valence-corrected chi connectivity index (χ1v) is 11.0. The highest BCUT2D eigenvalue weighted by Gasteiger charge is 2.32. The summed E-state index contributed by atoms with van der Waals surface area (Å²) in [5.74, 6) is -1.28. The van der Waals surface area contributed by atoms with Crippen LogP contribution in [0.25, 0.3) is 0 Å². The molecule has 1 aliphatic carbocycles. The highest BCUT2D eigenvalue weighted by molar-refractivity contribution is 7.89. The molecule has 0 spiro atoms. The van der Waals surface area contributed by atoms with Gasteiger partial charge < -0.3 is 14.6 Å². The van der Waals surface area contributed by atoms with Gasteiger partial charge >= 0.3 is 5.97 Å². The molecule has 2 aliphatic rings. The van der Waals surface area contributed by atoms with E-state index in [0.29, 0.717) is 24.4 Å². The van der Waals surface area contributed by atoms with E-state index in [1.54, 1.807) is 0 Å². The van der Waals surface area contributed by atoms with Crippen LogP contribution >= 0.6 is 11.6 Å². The zero-order valence-electron chi connectivity index (χ0n) is 15.7. The van der Waals surface area contributed by atoms with Crippen LogP contribution in [-0.2, 0) is 22.6 Å². The van der Waals surface area contributed by atoms with Crippen LogP contribution in [0.5, 0.6) is 0 Å². The molecule has 0 radical (unpaired) electrons. The van der Waals surface area contributed by atoms with Gasteiger partial charge in [-0.1, -0.05) is 23.7 Å². The van der Waals surface area contributed by atoms with Crippen molar-refractivity contribution in [1.29, 1.82) is 0 Å². The summed E-state index contributed by atoms with van der Waals surface area (Å²) < 4.78 is 15.0. The summed E-state index contributed by atoms with van der Waals surface area (Å²) in [5.41, 5.74) is 4.03. The Morgan fingerprint density at radius 2 is 1.93 bits per heavy atom. The first kappa shape index (κ1) is 19.6. The van der Waals surface area contributed by atoms with E-state index in [-0.39, 0.29) is 0 Å². The fourth-order valence-electron chi connectivity index (χ4n) is 3.99. The second-order valence-electron chi connectivity index (χ2n) is 7.39. The van der Waals surface area contributed by atoms with Crippen molar-refractivity contribution in [2.75, 3.05) is 31.1 Å². The Kier molecular flexibility index (Phi) is 5.56. The largest absolute Gasteiger partial charge is 0.593 e. The molecule has 0 bridgehead atoms. The number of benzene rings is 2. The number of aryl methyl sites for hydroxylation is 2. The molecule has 1 saturated heterocycles. The van der Waals surface area contributed by atoms with Crippen LogP contribution in [0.15, 0.2) is 41.3 Å². The SMILES string of the molecule is Cc1ccc(N2CCN([S+]([O-])c3ccc4c(c3)C(C(=O)O)CC4)CC2)cc1Cl. The van der Waals surface area contributed by atoms with Gasteiger partial charge in [0.25, 0.3) is 0 Å². The van der Waals surface area contributed by atoms with Crippen molar-refractivity contribution < 1.29 is 14.5 Å². The fraction of sp³-hybridized carbons (Fsp3) is 0.381. The second-order valence-corrected chi connectivity index (χ2v) is 9.28. The Balaban J connectivity index is 1.44. The summed E-state index contributed by atoms with van der Waals surface area (Å²) in [6.45, 7) is 4.88. The topological polar surface area (TPSA) is 66.8 Å². The number of carbonyl (C=O) groups is 1. The predicted octanol–water partition coefficient (Wildman–Crippen LogP) is 3.61. The zero-order valence-corrected chi connectivity index (χ0v) is 17.3. The quantitative estimate of drug-likeness (QED) is 0.768. The molecular formula is C21H23ClN2O3S. The monoisotopic (exact) mass is 418 g/mol. The summed E-state index contributed by atoms with van der Waals surface area (Å²) in [4.78, 5) is 14.4. The van der Waals surface area contributed by atoms with Gasteiger partial charge in [0.2, 0.25) is 0 Å². The lowest BCUT2D eigenvalue weighted by Crippen LogP contribution is -2.48. The van der Waals surface area contributed by atoms with E-state index in [9.17, 15) is 14.5 Å². The number of hydrogen-bond donors (Lipinski definition) is 1. The summed E-state index contributed by atoms with van der Waals surface area (Å²) in [5, 5.41) is 10.2. The first-order valence-electron chi connectivity index (χ1n) is 9.47. The molecule has 2 unspecified atom stereocenters. The van der Waals surface area contributed by atoms with Crippen molar-refractivity contribution in [3.8, 4) is 0 Å². The Hall–Kier alpha value is -1.73. The standard InChI is InChI=1S/C21H23ClN2O3S/c1-14-2-5-16(12-20(14)22)23-8-10-24(11-9-23)28(27)17-6-3-15-4-7-18(21(25)26)19(15)13-17/h2-3,5-6,12-13,18H,4,7-11H2,1H3,(H,25,26). The van der Waals surface area contributed by atoms with Crippen LogP contribution in [-0.4, -0.2) is 46.1 Å². The molecule has 7 heteroatoms. The number of carboxylic acid groups (broad SMARTS) is 1. The minimum Gasteiger partial charge on any atom is -0.593 e. The predicted molar refractivity (Wildman–Crippen MR) is 112 cm³/mol. The Bertz CT molecular complexity index is 899. The highest BCUT2D eigenvalue weighted by atomic mass is 35.5. The highest BCUT2D eigenvalue weighted by Crippen LogP contribution is 2.35. The fourth-order valence-corrected chi connectivity index (χ4v) is 5.37. The van der Waals surface area contributed by atoms with Gasteiger partial charge in [-0.25, -0.2) is 0 Å². The minimum absolute atomic E-state index is 0.477. The number of fused-ring (bicyclic) bond motifs is 1. The number of rotatable bonds is 4. The first-order chi connectivity index (χ1) is 13.4. The van der Waals surface area contributed by atoms with Crippen molar-refractivity contribution >= 4 is 34.6 Å². The van der Waals surface area contributed by atoms with Crippen molar-refractivity contribution in [2.24, 2.45) is 0 Å². The number of hydrogen-bond acceptors (Lipinski definition) is 4. The van der Waals surface area contributed by atoms with Crippen LogP contribution < -0.4 is 4.90 Å². The minimum atomic E-state index is -1.28. The summed E-state index contributed by atoms with van der Waals surface area (Å²) >= 11 is 4.96. The Morgan fingerprint density at radius 3 is 2.61 bits per heavy atom. The van der Waals surface area contributed by atoms with Gasteiger partial charge in [-0.15, -0.1) is 4.31 Å². The normalized spacial score (nSPS) is 20.8. The molecule has 0 amide bonds. The molecule has 28 heavy (non-hydrogen) atoms. The lowest BCUT2D eigenvalue weighted by atomic mass is 10.0. The van der Waals surface area contributed by atoms with Crippen LogP contribution in [0.4, 0.5) is 5.69 Å². The average molecular weight is 419 g/mol.